The maximum atomic E-state index is 12.3. The second-order valence-electron chi connectivity index (χ2n) is 7.65. The largest absolute Gasteiger partial charge is 0.444 e. The maximum absolute atomic E-state index is 12.3. The Morgan fingerprint density at radius 3 is 2.58 bits per heavy atom. The number of piperazine rings is 1. The molecule has 1 aliphatic carbocycles. The Balaban J connectivity index is 1.68. The molecule has 0 bridgehead atoms. The molecule has 7 heteroatoms. The fraction of sp³-hybridized carbons (Fsp3) is 0.706. The predicted molar refractivity (Wildman–Crippen MR) is 93.6 cm³/mol. The van der Waals surface area contributed by atoms with Crippen molar-refractivity contribution in [2.75, 3.05) is 24.5 Å². The molecule has 2 fully saturated rings. The van der Waals surface area contributed by atoms with Crippen LogP contribution in [0.1, 0.15) is 52.3 Å². The summed E-state index contributed by atoms with van der Waals surface area (Å²) in [6.07, 6.45) is 2.03. The standard InChI is InChI=1S/C17H25ClN4O2/c1-11-10-21(7-8-22(11)16(23)24-17(2,3)4)14-9-13(18)19-15(20-14)12-5-6-12/h9,11-12H,5-8,10H2,1-4H3/t11-/m1/s1. The number of carbonyl (C=O) groups excluding carboxylic acids is 1. The van der Waals surface area contributed by atoms with Gasteiger partial charge < -0.3 is 14.5 Å². The van der Waals surface area contributed by atoms with Gasteiger partial charge in [0, 0.05) is 37.7 Å². The number of ether oxygens (including phenoxy) is 1. The molecule has 1 aromatic heterocycles. The molecule has 1 amide bonds. The molecule has 24 heavy (non-hydrogen) atoms. The van der Waals surface area contributed by atoms with Gasteiger partial charge in [-0.3, -0.25) is 0 Å². The highest BCUT2D eigenvalue weighted by atomic mass is 35.5. The van der Waals surface area contributed by atoms with E-state index in [-0.39, 0.29) is 12.1 Å². The number of hydrogen-bond acceptors (Lipinski definition) is 5. The van der Waals surface area contributed by atoms with Gasteiger partial charge in [0.1, 0.15) is 22.4 Å². The molecule has 1 aliphatic heterocycles. The highest BCUT2D eigenvalue weighted by Crippen LogP contribution is 2.39. The molecule has 132 valence electrons. The topological polar surface area (TPSA) is 58.6 Å². The van der Waals surface area contributed by atoms with Crippen LogP contribution in [0.15, 0.2) is 6.07 Å². The van der Waals surface area contributed by atoms with E-state index in [1.54, 1.807) is 4.90 Å². The van der Waals surface area contributed by atoms with Crippen LogP contribution in [0, 0.1) is 0 Å². The predicted octanol–water partition coefficient (Wildman–Crippen LogP) is 3.45. The molecule has 0 radical (unpaired) electrons. The molecule has 1 aromatic rings. The molecule has 0 N–H and O–H groups in total. The SMILES string of the molecule is C[C@@H]1CN(c2cc(Cl)nc(C3CC3)n2)CCN1C(=O)OC(C)(C)C. The quantitative estimate of drug-likeness (QED) is 0.763. The van der Waals surface area contributed by atoms with Crippen molar-refractivity contribution < 1.29 is 9.53 Å². The first-order valence-corrected chi connectivity index (χ1v) is 8.90. The van der Waals surface area contributed by atoms with Gasteiger partial charge in [0.25, 0.3) is 0 Å². The van der Waals surface area contributed by atoms with Crippen LogP contribution in [0.4, 0.5) is 10.6 Å². The van der Waals surface area contributed by atoms with Gasteiger partial charge in [-0.2, -0.15) is 0 Å². The normalized spacial score (nSPS) is 21.8. The lowest BCUT2D eigenvalue weighted by molar-refractivity contribution is 0.0158. The van der Waals surface area contributed by atoms with Crippen LogP contribution in [0.5, 0.6) is 0 Å². The Morgan fingerprint density at radius 1 is 1.29 bits per heavy atom. The Hall–Kier alpha value is -1.56. The van der Waals surface area contributed by atoms with Gasteiger partial charge in [0.2, 0.25) is 0 Å². The smallest absolute Gasteiger partial charge is 0.410 e. The van der Waals surface area contributed by atoms with Gasteiger partial charge in [0.05, 0.1) is 0 Å². The van der Waals surface area contributed by atoms with Crippen LogP contribution in [-0.2, 0) is 4.74 Å². The summed E-state index contributed by atoms with van der Waals surface area (Å²) in [7, 11) is 0. The molecule has 0 unspecified atom stereocenters. The summed E-state index contributed by atoms with van der Waals surface area (Å²) in [5, 5.41) is 0.490. The molecule has 3 rings (SSSR count). The second-order valence-corrected chi connectivity index (χ2v) is 8.04. The number of amides is 1. The van der Waals surface area contributed by atoms with Crippen molar-refractivity contribution in [1.29, 1.82) is 0 Å². The van der Waals surface area contributed by atoms with Crippen molar-refractivity contribution in [3.05, 3.63) is 17.0 Å². The third kappa shape index (κ3) is 4.09. The number of rotatable bonds is 2. The molecule has 2 heterocycles. The van der Waals surface area contributed by atoms with Crippen LogP contribution >= 0.6 is 11.6 Å². The highest BCUT2D eigenvalue weighted by Gasteiger charge is 2.32. The minimum Gasteiger partial charge on any atom is -0.444 e. The van der Waals surface area contributed by atoms with Gasteiger partial charge in [-0.1, -0.05) is 11.6 Å². The van der Waals surface area contributed by atoms with E-state index in [9.17, 15) is 4.79 Å². The number of carbonyl (C=O) groups is 1. The first-order valence-electron chi connectivity index (χ1n) is 8.52. The zero-order valence-electron chi connectivity index (χ0n) is 14.8. The average Bonchev–Trinajstić information content (AvgIpc) is 3.29. The molecule has 6 nitrogen and oxygen atoms in total. The summed E-state index contributed by atoms with van der Waals surface area (Å²) < 4.78 is 5.49. The van der Waals surface area contributed by atoms with Crippen LogP contribution in [0.2, 0.25) is 5.15 Å². The van der Waals surface area contributed by atoms with Crippen LogP contribution in [-0.4, -0.2) is 52.2 Å². The number of nitrogens with zero attached hydrogens (tertiary/aromatic N) is 4. The Bertz CT molecular complexity index is 628. The zero-order chi connectivity index (χ0) is 17.5. The van der Waals surface area contributed by atoms with Crippen LogP contribution in [0.3, 0.4) is 0 Å². The number of halogens is 1. The van der Waals surface area contributed by atoms with Gasteiger partial charge in [-0.05, 0) is 40.5 Å². The van der Waals surface area contributed by atoms with E-state index in [0.29, 0.717) is 30.7 Å². The average molecular weight is 353 g/mol. The second kappa shape index (κ2) is 6.39. The van der Waals surface area contributed by atoms with Crippen molar-refractivity contribution in [3.63, 3.8) is 0 Å². The number of aromatic nitrogens is 2. The van der Waals surface area contributed by atoms with Gasteiger partial charge in [-0.25, -0.2) is 14.8 Å². The van der Waals surface area contributed by atoms with Crippen molar-refractivity contribution in [3.8, 4) is 0 Å². The van der Waals surface area contributed by atoms with E-state index in [1.165, 1.54) is 0 Å². The van der Waals surface area contributed by atoms with E-state index in [0.717, 1.165) is 24.5 Å². The van der Waals surface area contributed by atoms with E-state index in [4.69, 9.17) is 16.3 Å². The first-order chi connectivity index (χ1) is 11.2. The molecular formula is C17H25ClN4O2. The lowest BCUT2D eigenvalue weighted by Gasteiger charge is -2.40. The van der Waals surface area contributed by atoms with E-state index in [2.05, 4.69) is 14.9 Å². The first kappa shape index (κ1) is 17.3. The molecule has 1 atom stereocenters. The van der Waals surface area contributed by atoms with E-state index < -0.39 is 5.60 Å². The maximum Gasteiger partial charge on any atom is 0.410 e. The summed E-state index contributed by atoms with van der Waals surface area (Å²) in [5.41, 5.74) is -0.479. The molecular weight excluding hydrogens is 328 g/mol. The third-order valence-electron chi connectivity index (χ3n) is 4.22. The summed E-state index contributed by atoms with van der Waals surface area (Å²) in [6, 6.07) is 1.86. The van der Waals surface area contributed by atoms with Gasteiger partial charge in [0.15, 0.2) is 0 Å². The minimum atomic E-state index is -0.479. The van der Waals surface area contributed by atoms with Crippen molar-refractivity contribution in [2.24, 2.45) is 0 Å². The fourth-order valence-corrected chi connectivity index (χ4v) is 3.05. The monoisotopic (exact) mass is 352 g/mol. The molecule has 1 saturated heterocycles. The van der Waals surface area contributed by atoms with Crippen molar-refractivity contribution >= 4 is 23.5 Å². The summed E-state index contributed by atoms with van der Waals surface area (Å²) >= 11 is 6.17. The Morgan fingerprint density at radius 2 is 2.00 bits per heavy atom. The summed E-state index contributed by atoms with van der Waals surface area (Å²) in [4.78, 5) is 25.3. The number of hydrogen-bond donors (Lipinski definition) is 0. The Labute approximate surface area is 148 Å². The fourth-order valence-electron chi connectivity index (χ4n) is 2.87. The van der Waals surface area contributed by atoms with Gasteiger partial charge >= 0.3 is 6.09 Å². The third-order valence-corrected chi connectivity index (χ3v) is 4.41. The lowest BCUT2D eigenvalue weighted by Crippen LogP contribution is -2.55. The van der Waals surface area contributed by atoms with Gasteiger partial charge in [-0.15, -0.1) is 0 Å². The Kier molecular flexibility index (Phi) is 4.60. The summed E-state index contributed by atoms with van der Waals surface area (Å²) in [5.74, 6) is 2.16. The summed E-state index contributed by atoms with van der Waals surface area (Å²) in [6.45, 7) is 9.70. The molecule has 0 aromatic carbocycles. The van der Waals surface area contributed by atoms with Crippen LogP contribution in [0.25, 0.3) is 0 Å². The minimum absolute atomic E-state index is 0.0479. The molecule has 2 aliphatic rings. The van der Waals surface area contributed by atoms with Crippen molar-refractivity contribution in [1.82, 2.24) is 14.9 Å². The van der Waals surface area contributed by atoms with E-state index >= 15 is 0 Å². The highest BCUT2D eigenvalue weighted by molar-refractivity contribution is 6.29. The van der Waals surface area contributed by atoms with Crippen molar-refractivity contribution in [2.45, 2.75) is 58.1 Å². The number of anilines is 1. The zero-order valence-corrected chi connectivity index (χ0v) is 15.5. The van der Waals surface area contributed by atoms with Crippen LogP contribution < -0.4 is 4.90 Å². The lowest BCUT2D eigenvalue weighted by atomic mass is 10.2. The molecule has 1 saturated carbocycles. The molecule has 0 spiro atoms. The van der Waals surface area contributed by atoms with E-state index in [1.807, 2.05) is 33.8 Å².